The number of imidazole rings is 1. The predicted octanol–water partition coefficient (Wildman–Crippen LogP) is -0.127. The molecule has 0 spiro atoms. The maximum Gasteiger partial charge on any atom is 0.224 e. The van der Waals surface area contributed by atoms with Gasteiger partial charge in [-0.3, -0.25) is 4.79 Å². The molecule has 124 valence electrons. The first kappa shape index (κ1) is 15.9. The number of hydrogen-bond donors (Lipinski definition) is 3. The van der Waals surface area contributed by atoms with Crippen LogP contribution >= 0.6 is 0 Å². The van der Waals surface area contributed by atoms with E-state index in [1.165, 1.54) is 4.90 Å². The number of para-hydroxylation sites is 2. The lowest BCUT2D eigenvalue weighted by Gasteiger charge is -2.33. The number of piperidine rings is 1. The van der Waals surface area contributed by atoms with Crippen LogP contribution in [0, 0.1) is 0 Å². The van der Waals surface area contributed by atoms with Crippen LogP contribution in [0.25, 0.3) is 11.0 Å². The van der Waals surface area contributed by atoms with E-state index in [-0.39, 0.29) is 32.0 Å². The molecular formula is C16H21N3O4. The standard InChI is InChI=1S/C16H21N3O4/c20-10-15-17-13-3-1-2-4-14(13)19(15)6-5-16(23)18-8-11(21)7-12(22)9-18/h1-4,11-12,20-22H,5-10H2/t11-,12-/m1/s1. The summed E-state index contributed by atoms with van der Waals surface area (Å²) in [5.41, 5.74) is 1.66. The zero-order chi connectivity index (χ0) is 16.4. The Labute approximate surface area is 133 Å². The Morgan fingerprint density at radius 2 is 1.91 bits per heavy atom. The molecule has 0 aliphatic carbocycles. The normalized spacial score (nSPS) is 21.8. The Hall–Kier alpha value is -1.96. The molecule has 0 saturated carbocycles. The summed E-state index contributed by atoms with van der Waals surface area (Å²) >= 11 is 0. The average molecular weight is 319 g/mol. The van der Waals surface area contributed by atoms with E-state index in [1.807, 2.05) is 28.8 Å². The first-order valence-electron chi connectivity index (χ1n) is 7.77. The van der Waals surface area contributed by atoms with Crippen molar-refractivity contribution in [2.45, 2.75) is 38.2 Å². The van der Waals surface area contributed by atoms with Crippen LogP contribution in [-0.2, 0) is 17.9 Å². The third kappa shape index (κ3) is 3.36. The van der Waals surface area contributed by atoms with Crippen LogP contribution in [0.4, 0.5) is 0 Å². The van der Waals surface area contributed by atoms with Gasteiger partial charge in [-0.25, -0.2) is 4.98 Å². The Balaban J connectivity index is 1.72. The number of carbonyl (C=O) groups is 1. The number of likely N-dealkylation sites (tertiary alicyclic amines) is 1. The van der Waals surface area contributed by atoms with Gasteiger partial charge in [-0.05, 0) is 12.1 Å². The molecule has 1 amide bonds. The van der Waals surface area contributed by atoms with Gasteiger partial charge in [0, 0.05) is 32.5 Å². The van der Waals surface area contributed by atoms with Crippen molar-refractivity contribution in [1.82, 2.24) is 14.5 Å². The number of aliphatic hydroxyl groups excluding tert-OH is 3. The van der Waals surface area contributed by atoms with Crippen molar-refractivity contribution in [2.75, 3.05) is 13.1 Å². The van der Waals surface area contributed by atoms with E-state index in [9.17, 15) is 20.1 Å². The molecule has 2 atom stereocenters. The summed E-state index contributed by atoms with van der Waals surface area (Å²) in [5.74, 6) is 0.405. The van der Waals surface area contributed by atoms with Crippen molar-refractivity contribution >= 4 is 16.9 Å². The second-order valence-corrected chi connectivity index (χ2v) is 5.92. The van der Waals surface area contributed by atoms with Crippen molar-refractivity contribution < 1.29 is 20.1 Å². The molecule has 2 aromatic rings. The fourth-order valence-electron chi connectivity index (χ4n) is 3.11. The highest BCUT2D eigenvalue weighted by molar-refractivity contribution is 5.78. The summed E-state index contributed by atoms with van der Waals surface area (Å²) in [4.78, 5) is 18.2. The van der Waals surface area contributed by atoms with Crippen LogP contribution in [0.2, 0.25) is 0 Å². The molecule has 0 unspecified atom stereocenters. The van der Waals surface area contributed by atoms with Crippen LogP contribution in [0.15, 0.2) is 24.3 Å². The van der Waals surface area contributed by atoms with E-state index in [2.05, 4.69) is 4.98 Å². The number of fused-ring (bicyclic) bond motifs is 1. The minimum absolute atomic E-state index is 0.121. The Morgan fingerprint density at radius 1 is 1.22 bits per heavy atom. The summed E-state index contributed by atoms with van der Waals surface area (Å²) in [6.45, 7) is 0.725. The van der Waals surface area contributed by atoms with Crippen LogP contribution in [-0.4, -0.2) is 61.0 Å². The quantitative estimate of drug-likeness (QED) is 0.729. The zero-order valence-electron chi connectivity index (χ0n) is 12.8. The first-order chi connectivity index (χ1) is 11.1. The second-order valence-electron chi connectivity index (χ2n) is 5.92. The molecule has 1 aromatic carbocycles. The molecule has 1 fully saturated rings. The zero-order valence-corrected chi connectivity index (χ0v) is 12.8. The largest absolute Gasteiger partial charge is 0.391 e. The maximum absolute atomic E-state index is 12.3. The summed E-state index contributed by atoms with van der Waals surface area (Å²) in [5, 5.41) is 28.8. The predicted molar refractivity (Wildman–Crippen MR) is 83.5 cm³/mol. The van der Waals surface area contributed by atoms with Crippen LogP contribution < -0.4 is 0 Å². The maximum atomic E-state index is 12.3. The van der Waals surface area contributed by atoms with Gasteiger partial charge in [-0.2, -0.15) is 0 Å². The number of nitrogens with zero attached hydrogens (tertiary/aromatic N) is 3. The fraction of sp³-hybridized carbons (Fsp3) is 0.500. The number of hydrogen-bond acceptors (Lipinski definition) is 5. The van der Waals surface area contributed by atoms with Gasteiger partial charge in [0.25, 0.3) is 0 Å². The van der Waals surface area contributed by atoms with E-state index >= 15 is 0 Å². The number of aromatic nitrogens is 2. The van der Waals surface area contributed by atoms with Gasteiger partial charge in [0.2, 0.25) is 5.91 Å². The molecule has 7 nitrogen and oxygen atoms in total. The van der Waals surface area contributed by atoms with Gasteiger partial charge in [0.1, 0.15) is 12.4 Å². The third-order valence-electron chi connectivity index (χ3n) is 4.18. The molecule has 2 heterocycles. The highest BCUT2D eigenvalue weighted by atomic mass is 16.3. The number of rotatable bonds is 4. The minimum atomic E-state index is -0.676. The number of benzene rings is 1. The molecule has 0 bridgehead atoms. The summed E-state index contributed by atoms with van der Waals surface area (Å²) < 4.78 is 1.84. The fourth-order valence-corrected chi connectivity index (χ4v) is 3.11. The molecule has 1 aliphatic heterocycles. The number of β-amino-alcohol motifs (C(OH)–C–C–N with tert-alkyl or cyclic N) is 2. The Bertz CT molecular complexity index is 690. The van der Waals surface area contributed by atoms with E-state index in [0.717, 1.165) is 11.0 Å². The molecule has 1 saturated heterocycles. The Kier molecular flexibility index (Phi) is 4.61. The molecular weight excluding hydrogens is 298 g/mol. The van der Waals surface area contributed by atoms with Gasteiger partial charge in [-0.15, -0.1) is 0 Å². The highest BCUT2D eigenvalue weighted by Gasteiger charge is 2.27. The van der Waals surface area contributed by atoms with Crippen molar-refractivity contribution in [3.8, 4) is 0 Å². The smallest absolute Gasteiger partial charge is 0.224 e. The molecule has 7 heteroatoms. The summed E-state index contributed by atoms with van der Waals surface area (Å²) in [6.07, 6.45) is -0.813. The van der Waals surface area contributed by atoms with Crippen molar-refractivity contribution in [3.05, 3.63) is 30.1 Å². The molecule has 3 N–H and O–H groups in total. The third-order valence-corrected chi connectivity index (χ3v) is 4.18. The van der Waals surface area contributed by atoms with Crippen LogP contribution in [0.5, 0.6) is 0 Å². The van der Waals surface area contributed by atoms with Gasteiger partial charge >= 0.3 is 0 Å². The lowest BCUT2D eigenvalue weighted by Crippen LogP contribution is -2.48. The van der Waals surface area contributed by atoms with Gasteiger partial charge in [0.05, 0.1) is 23.2 Å². The number of aryl methyl sites for hydroxylation is 1. The Morgan fingerprint density at radius 3 is 2.61 bits per heavy atom. The van der Waals surface area contributed by atoms with Crippen LogP contribution in [0.3, 0.4) is 0 Å². The number of amides is 1. The van der Waals surface area contributed by atoms with Crippen molar-refractivity contribution in [1.29, 1.82) is 0 Å². The van der Waals surface area contributed by atoms with Gasteiger partial charge in [0.15, 0.2) is 0 Å². The molecule has 0 radical (unpaired) electrons. The van der Waals surface area contributed by atoms with Crippen molar-refractivity contribution in [2.24, 2.45) is 0 Å². The van der Waals surface area contributed by atoms with E-state index in [0.29, 0.717) is 18.8 Å². The van der Waals surface area contributed by atoms with Crippen LogP contribution in [0.1, 0.15) is 18.7 Å². The summed E-state index contributed by atoms with van der Waals surface area (Å²) in [7, 11) is 0. The topological polar surface area (TPSA) is 98.8 Å². The highest BCUT2D eigenvalue weighted by Crippen LogP contribution is 2.18. The first-order valence-corrected chi connectivity index (χ1v) is 7.77. The molecule has 1 aliphatic rings. The van der Waals surface area contributed by atoms with E-state index < -0.39 is 12.2 Å². The lowest BCUT2D eigenvalue weighted by atomic mass is 10.1. The number of aliphatic hydroxyl groups is 3. The average Bonchev–Trinajstić information content (AvgIpc) is 2.89. The second kappa shape index (κ2) is 6.66. The number of carbonyl (C=O) groups excluding carboxylic acids is 1. The van der Waals surface area contributed by atoms with E-state index in [4.69, 9.17) is 0 Å². The molecule has 3 rings (SSSR count). The van der Waals surface area contributed by atoms with E-state index in [1.54, 1.807) is 0 Å². The SMILES string of the molecule is O=C(CCn1c(CO)nc2ccccc21)N1C[C@H](O)C[C@@H](O)C1. The lowest BCUT2D eigenvalue weighted by molar-refractivity contribution is -0.137. The van der Waals surface area contributed by atoms with Gasteiger partial charge in [-0.1, -0.05) is 12.1 Å². The van der Waals surface area contributed by atoms with Gasteiger partial charge < -0.3 is 24.8 Å². The van der Waals surface area contributed by atoms with Crippen molar-refractivity contribution in [3.63, 3.8) is 0 Å². The monoisotopic (exact) mass is 319 g/mol. The molecule has 23 heavy (non-hydrogen) atoms. The summed E-state index contributed by atoms with van der Waals surface area (Å²) in [6, 6.07) is 7.54. The minimum Gasteiger partial charge on any atom is -0.391 e. The molecule has 1 aromatic heterocycles.